The van der Waals surface area contributed by atoms with E-state index in [0.29, 0.717) is 0 Å². The van der Waals surface area contributed by atoms with Crippen LogP contribution in [0.25, 0.3) is 0 Å². The van der Waals surface area contributed by atoms with Gasteiger partial charge in [-0.25, -0.2) is 4.79 Å². The zero-order chi connectivity index (χ0) is 8.69. The van der Waals surface area contributed by atoms with Gasteiger partial charge in [0.05, 0.1) is 7.11 Å². The van der Waals surface area contributed by atoms with Gasteiger partial charge >= 0.3 is 11.9 Å². The summed E-state index contributed by atoms with van der Waals surface area (Å²) in [5.41, 5.74) is 1.80. The molecule has 0 aromatic rings. The molecule has 6 heteroatoms. The number of ether oxygens (including phenoxy) is 1. The van der Waals surface area contributed by atoms with E-state index in [2.05, 4.69) is 14.4 Å². The van der Waals surface area contributed by atoms with Crippen LogP contribution in [0.5, 0.6) is 0 Å². The van der Waals surface area contributed by atoms with E-state index in [1.807, 2.05) is 0 Å². The smallest absolute Gasteiger partial charge is 0.334 e. The molecule has 11 heavy (non-hydrogen) atoms. The van der Waals surface area contributed by atoms with Gasteiger partial charge in [-0.2, -0.15) is 0 Å². The third-order valence-corrected chi connectivity index (χ3v) is 0.662. The lowest BCUT2D eigenvalue weighted by atomic mass is 10.7. The van der Waals surface area contributed by atoms with E-state index in [9.17, 15) is 9.59 Å². The van der Waals surface area contributed by atoms with E-state index in [1.165, 1.54) is 14.0 Å². The highest BCUT2D eigenvalue weighted by atomic mass is 16.9. The Labute approximate surface area is 63.3 Å². The van der Waals surface area contributed by atoms with Gasteiger partial charge in [0.15, 0.2) is 6.61 Å². The minimum atomic E-state index is -0.565. The number of carbonyl (C=O) groups excluding carboxylic acids is 2. The van der Waals surface area contributed by atoms with Crippen LogP contribution in [0.15, 0.2) is 0 Å². The van der Waals surface area contributed by atoms with Crippen LogP contribution in [0, 0.1) is 0 Å². The molecule has 0 aromatic carbocycles. The van der Waals surface area contributed by atoms with Crippen molar-refractivity contribution < 1.29 is 24.0 Å². The third-order valence-electron chi connectivity index (χ3n) is 0.662. The predicted molar refractivity (Wildman–Crippen MR) is 32.9 cm³/mol. The van der Waals surface area contributed by atoms with E-state index in [0.717, 1.165) is 0 Å². The maximum atomic E-state index is 10.3. The second kappa shape index (κ2) is 5.63. The Morgan fingerprint density at radius 3 is 2.55 bits per heavy atom. The minimum absolute atomic E-state index is 0.316. The van der Waals surface area contributed by atoms with Crippen LogP contribution in [0.3, 0.4) is 0 Å². The number of carbonyl (C=O) groups is 2. The number of methoxy groups -OCH3 is 1. The van der Waals surface area contributed by atoms with Crippen LogP contribution in [-0.2, 0) is 24.0 Å². The molecule has 0 saturated heterocycles. The average molecular weight is 163 g/mol. The van der Waals surface area contributed by atoms with Crippen molar-refractivity contribution in [1.29, 1.82) is 0 Å². The Morgan fingerprint density at radius 1 is 1.45 bits per heavy atom. The van der Waals surface area contributed by atoms with Crippen LogP contribution in [0.1, 0.15) is 6.92 Å². The summed E-state index contributed by atoms with van der Waals surface area (Å²) >= 11 is 0. The molecule has 0 spiro atoms. The Hall–Kier alpha value is -1.14. The molecule has 64 valence electrons. The van der Waals surface area contributed by atoms with Gasteiger partial charge in [-0.3, -0.25) is 9.63 Å². The van der Waals surface area contributed by atoms with E-state index < -0.39 is 11.9 Å². The van der Waals surface area contributed by atoms with E-state index >= 15 is 0 Å². The third kappa shape index (κ3) is 6.75. The Kier molecular flexibility index (Phi) is 5.05. The summed E-state index contributed by atoms with van der Waals surface area (Å²) < 4.78 is 4.21. The van der Waals surface area contributed by atoms with Gasteiger partial charge in [-0.05, 0) is 5.64 Å². The number of hydrogen-bond acceptors (Lipinski definition) is 6. The van der Waals surface area contributed by atoms with Crippen LogP contribution < -0.4 is 5.64 Å². The molecule has 0 bridgehead atoms. The van der Waals surface area contributed by atoms with Crippen molar-refractivity contribution in [2.24, 2.45) is 0 Å². The van der Waals surface area contributed by atoms with Crippen molar-refractivity contribution in [1.82, 2.24) is 5.64 Å². The van der Waals surface area contributed by atoms with Crippen molar-refractivity contribution in [2.45, 2.75) is 6.92 Å². The normalized spacial score (nSPS) is 8.91. The lowest BCUT2D eigenvalue weighted by Crippen LogP contribution is -2.23. The van der Waals surface area contributed by atoms with Crippen molar-refractivity contribution >= 4 is 11.9 Å². The second-order valence-corrected chi connectivity index (χ2v) is 1.54. The number of hydrogen-bond donors (Lipinski definition) is 1. The summed E-state index contributed by atoms with van der Waals surface area (Å²) in [6.07, 6.45) is 0. The fourth-order valence-electron chi connectivity index (χ4n) is 0.235. The first kappa shape index (κ1) is 9.86. The highest BCUT2D eigenvalue weighted by molar-refractivity contribution is 5.70. The molecule has 0 unspecified atom stereocenters. The molecule has 1 N–H and O–H groups in total. The van der Waals surface area contributed by atoms with Gasteiger partial charge in [0, 0.05) is 6.92 Å². The maximum absolute atomic E-state index is 10.3. The maximum Gasteiger partial charge on any atom is 0.334 e. The fourth-order valence-corrected chi connectivity index (χ4v) is 0.235. The largest absolute Gasteiger partial charge is 0.467 e. The average Bonchev–Trinajstić information content (AvgIpc) is 1.97. The van der Waals surface area contributed by atoms with Crippen molar-refractivity contribution in [3.8, 4) is 0 Å². The number of esters is 1. The standard InChI is InChI=1S/C5H9NO5/c1-4(7)11-6-10-3-5(8)9-2/h6H,3H2,1-2H3. The Morgan fingerprint density at radius 2 is 2.09 bits per heavy atom. The summed E-state index contributed by atoms with van der Waals surface area (Å²) in [5, 5.41) is 0. The molecule has 0 rings (SSSR count). The topological polar surface area (TPSA) is 73.9 Å². The van der Waals surface area contributed by atoms with Gasteiger partial charge in [0.1, 0.15) is 0 Å². The summed E-state index contributed by atoms with van der Waals surface area (Å²) in [6.45, 7) is 0.873. The minimum Gasteiger partial charge on any atom is -0.467 e. The molecule has 6 nitrogen and oxygen atoms in total. The van der Waals surface area contributed by atoms with Crippen LogP contribution >= 0.6 is 0 Å². The van der Waals surface area contributed by atoms with Gasteiger partial charge in [-0.1, -0.05) is 0 Å². The van der Waals surface area contributed by atoms with Gasteiger partial charge in [0.2, 0.25) is 0 Å². The Balaban J connectivity index is 3.14. The molecular weight excluding hydrogens is 154 g/mol. The first-order valence-corrected chi connectivity index (χ1v) is 2.78. The van der Waals surface area contributed by atoms with Gasteiger partial charge in [-0.15, -0.1) is 0 Å². The summed E-state index contributed by atoms with van der Waals surface area (Å²) in [5.74, 6) is -1.13. The molecule has 0 amide bonds. The van der Waals surface area contributed by atoms with E-state index in [1.54, 1.807) is 5.64 Å². The molecule has 0 fully saturated rings. The highest BCUT2D eigenvalue weighted by Gasteiger charge is 1.99. The first-order chi connectivity index (χ1) is 5.16. The SMILES string of the molecule is COC(=O)CONOC(C)=O. The summed E-state index contributed by atoms with van der Waals surface area (Å²) in [7, 11) is 1.22. The molecular formula is C5H9NO5. The first-order valence-electron chi connectivity index (χ1n) is 2.78. The highest BCUT2D eigenvalue weighted by Crippen LogP contribution is 1.75. The molecule has 0 aliphatic carbocycles. The van der Waals surface area contributed by atoms with Crippen molar-refractivity contribution in [2.75, 3.05) is 13.7 Å². The summed E-state index contributed by atoms with van der Waals surface area (Å²) in [4.78, 5) is 28.9. The molecule has 0 aliphatic heterocycles. The van der Waals surface area contributed by atoms with E-state index in [-0.39, 0.29) is 6.61 Å². The van der Waals surface area contributed by atoms with Crippen LogP contribution in [-0.4, -0.2) is 25.7 Å². The molecule has 0 atom stereocenters. The molecule has 0 aliphatic rings. The quantitative estimate of drug-likeness (QED) is 0.331. The molecule has 0 aromatic heterocycles. The lowest BCUT2D eigenvalue weighted by Gasteiger charge is -2.01. The van der Waals surface area contributed by atoms with Crippen LogP contribution in [0.2, 0.25) is 0 Å². The lowest BCUT2D eigenvalue weighted by molar-refractivity contribution is -0.195. The summed E-state index contributed by atoms with van der Waals surface area (Å²) in [6, 6.07) is 0. The molecule has 0 radical (unpaired) electrons. The van der Waals surface area contributed by atoms with Crippen LogP contribution in [0.4, 0.5) is 0 Å². The zero-order valence-electron chi connectivity index (χ0n) is 6.25. The predicted octanol–water partition coefficient (Wildman–Crippen LogP) is -0.841. The van der Waals surface area contributed by atoms with Crippen molar-refractivity contribution in [3.05, 3.63) is 0 Å². The monoisotopic (exact) mass is 163 g/mol. The number of rotatable bonds is 4. The zero-order valence-corrected chi connectivity index (χ0v) is 6.25. The number of nitrogens with one attached hydrogen (secondary N) is 1. The fraction of sp³-hybridized carbons (Fsp3) is 0.600. The molecule has 0 saturated carbocycles. The second-order valence-electron chi connectivity index (χ2n) is 1.54. The van der Waals surface area contributed by atoms with Gasteiger partial charge in [0.25, 0.3) is 0 Å². The molecule has 0 heterocycles. The van der Waals surface area contributed by atoms with Crippen molar-refractivity contribution in [3.63, 3.8) is 0 Å². The van der Waals surface area contributed by atoms with Gasteiger partial charge < -0.3 is 9.57 Å². The Bertz CT molecular complexity index is 146. The van der Waals surface area contributed by atoms with E-state index in [4.69, 9.17) is 0 Å².